The van der Waals surface area contributed by atoms with E-state index in [0.717, 1.165) is 64.2 Å². The lowest BCUT2D eigenvalue weighted by Gasteiger charge is -2.35. The van der Waals surface area contributed by atoms with Crippen LogP contribution in [0.3, 0.4) is 0 Å². The molecule has 1 aromatic rings. The molecule has 34 heavy (non-hydrogen) atoms. The Kier molecular flexibility index (Phi) is 5.77. The quantitative estimate of drug-likeness (QED) is 0.370. The van der Waals surface area contributed by atoms with E-state index in [4.69, 9.17) is 28.4 Å². The Morgan fingerprint density at radius 3 is 1.94 bits per heavy atom. The lowest BCUT2D eigenvalue weighted by atomic mass is 9.94. The molecule has 8 heteroatoms. The van der Waals surface area contributed by atoms with Crippen LogP contribution in [0.4, 0.5) is 0 Å². The first-order valence-electron chi connectivity index (χ1n) is 12.7. The minimum Gasteiger partial charge on any atom is -0.425 e. The number of carbonyl (C=O) groups is 2. The number of ketones is 1. The van der Waals surface area contributed by atoms with Crippen LogP contribution in [0.25, 0.3) is 0 Å². The average molecular weight is 473 g/mol. The molecule has 3 aliphatic heterocycles. The van der Waals surface area contributed by atoms with E-state index >= 15 is 0 Å². The van der Waals surface area contributed by atoms with E-state index in [9.17, 15) is 9.59 Å². The second-order valence-electron chi connectivity index (χ2n) is 10.2. The second-order valence-corrected chi connectivity index (χ2v) is 10.2. The molecule has 184 valence electrons. The topological polar surface area (TPSA) is 89.5 Å². The summed E-state index contributed by atoms with van der Waals surface area (Å²) in [7, 11) is 0. The van der Waals surface area contributed by atoms with E-state index in [1.807, 2.05) is 0 Å². The highest BCUT2D eigenvalue weighted by atomic mass is 16.9. The number of ether oxygens (including phenoxy) is 6. The second kappa shape index (κ2) is 8.68. The van der Waals surface area contributed by atoms with Gasteiger partial charge in [-0.3, -0.25) is 4.79 Å². The number of hydrogen-bond acceptors (Lipinski definition) is 8. The molecule has 0 radical (unpaired) electrons. The van der Waals surface area contributed by atoms with Crippen molar-refractivity contribution in [3.63, 3.8) is 0 Å². The van der Waals surface area contributed by atoms with Crippen molar-refractivity contribution in [2.75, 3.05) is 0 Å². The van der Waals surface area contributed by atoms with E-state index in [2.05, 4.69) is 0 Å². The van der Waals surface area contributed by atoms with Crippen LogP contribution < -0.4 is 4.74 Å². The van der Waals surface area contributed by atoms with E-state index in [-0.39, 0.29) is 5.78 Å². The Bertz CT molecular complexity index is 931. The summed E-state index contributed by atoms with van der Waals surface area (Å²) in [5.74, 6) is -1.65. The number of esters is 1. The van der Waals surface area contributed by atoms with Crippen molar-refractivity contribution in [3.05, 3.63) is 29.8 Å². The third-order valence-corrected chi connectivity index (χ3v) is 7.82. The maximum absolute atomic E-state index is 13.3. The fourth-order valence-corrected chi connectivity index (χ4v) is 6.08. The lowest BCUT2D eigenvalue weighted by Crippen LogP contribution is -2.58. The maximum atomic E-state index is 13.3. The molecule has 5 fully saturated rings. The Morgan fingerprint density at radius 2 is 1.32 bits per heavy atom. The highest BCUT2D eigenvalue weighted by Gasteiger charge is 2.65. The van der Waals surface area contributed by atoms with Gasteiger partial charge in [-0.05, 0) is 56.9 Å². The van der Waals surface area contributed by atoms with Gasteiger partial charge in [0.05, 0.1) is 0 Å². The summed E-state index contributed by atoms with van der Waals surface area (Å²) in [4.78, 5) is 24.9. The van der Waals surface area contributed by atoms with Gasteiger partial charge in [-0.2, -0.15) is 0 Å². The molecule has 2 spiro atoms. The third-order valence-electron chi connectivity index (χ3n) is 7.82. The summed E-state index contributed by atoms with van der Waals surface area (Å²) < 4.78 is 37.7. The smallest absolute Gasteiger partial charge is 0.343 e. The summed E-state index contributed by atoms with van der Waals surface area (Å²) in [6.45, 7) is 1.49. The van der Waals surface area contributed by atoms with Gasteiger partial charge >= 0.3 is 5.97 Å². The maximum Gasteiger partial charge on any atom is 0.343 e. The molecule has 1 aromatic carbocycles. The van der Waals surface area contributed by atoms with Crippen LogP contribution in [-0.4, -0.2) is 54.0 Å². The summed E-state index contributed by atoms with van der Waals surface area (Å²) >= 11 is 0. The van der Waals surface area contributed by atoms with Gasteiger partial charge in [-0.25, -0.2) is 4.79 Å². The largest absolute Gasteiger partial charge is 0.425 e. The first-order valence-corrected chi connectivity index (χ1v) is 12.7. The first kappa shape index (κ1) is 22.6. The van der Waals surface area contributed by atoms with Crippen molar-refractivity contribution in [2.24, 2.45) is 0 Å². The van der Waals surface area contributed by atoms with Gasteiger partial charge in [0.2, 0.25) is 0 Å². The molecule has 0 amide bonds. The Morgan fingerprint density at radius 1 is 0.765 bits per heavy atom. The first-order chi connectivity index (χ1) is 16.5. The number of fused-ring (bicyclic) bond motifs is 3. The van der Waals surface area contributed by atoms with Crippen LogP contribution in [0.15, 0.2) is 24.3 Å². The monoisotopic (exact) mass is 472 g/mol. The lowest BCUT2D eigenvalue weighted by molar-refractivity contribution is -0.250. The Balaban J connectivity index is 1.25. The summed E-state index contributed by atoms with van der Waals surface area (Å²) in [6.07, 6.45) is 6.39. The van der Waals surface area contributed by atoms with Crippen molar-refractivity contribution >= 4 is 11.8 Å². The van der Waals surface area contributed by atoms with Crippen molar-refractivity contribution in [2.45, 2.75) is 113 Å². The standard InChI is InChI=1S/C26H32O8/c1-16(27)17-8-10-18(11-9-17)29-23(28)21-19-20(32-25(31-19)12-4-2-5-13-25)22-24(30-21)34-26(33-22)14-6-3-7-15-26/h8-11,19-22,24H,2-7,12-15H2,1H3/t19-,20+,21+,22+,24+/m0/s1. The van der Waals surface area contributed by atoms with E-state index in [1.54, 1.807) is 24.3 Å². The molecule has 0 N–H and O–H groups in total. The Labute approximate surface area is 199 Å². The zero-order valence-electron chi connectivity index (χ0n) is 19.5. The SMILES string of the molecule is CC(=O)c1ccc(OC(=O)[C@@H]2O[C@@H]3OC4(CCCCC4)O[C@@H]3[C@@H]3OC4(CCCCC4)O[C@@H]32)cc1. The molecule has 2 aliphatic carbocycles. The minimum atomic E-state index is -0.998. The van der Waals surface area contributed by atoms with Crippen LogP contribution in [0.1, 0.15) is 81.5 Å². The fourth-order valence-electron chi connectivity index (χ4n) is 6.08. The average Bonchev–Trinajstić information content (AvgIpc) is 3.37. The van der Waals surface area contributed by atoms with Crippen LogP contribution in [0.2, 0.25) is 0 Å². The molecular weight excluding hydrogens is 440 g/mol. The normalized spacial score (nSPS) is 35.6. The molecule has 6 rings (SSSR count). The van der Waals surface area contributed by atoms with Gasteiger partial charge < -0.3 is 28.4 Å². The molecule has 2 saturated carbocycles. The molecule has 8 nitrogen and oxygen atoms in total. The molecular formula is C26H32O8. The summed E-state index contributed by atoms with van der Waals surface area (Å²) in [5.41, 5.74) is 0.553. The minimum absolute atomic E-state index is 0.0494. The van der Waals surface area contributed by atoms with Gasteiger partial charge in [-0.15, -0.1) is 0 Å². The molecule has 5 atom stereocenters. The third kappa shape index (κ3) is 3.99. The van der Waals surface area contributed by atoms with Crippen molar-refractivity contribution in [3.8, 4) is 5.75 Å². The van der Waals surface area contributed by atoms with Crippen molar-refractivity contribution in [1.82, 2.24) is 0 Å². The van der Waals surface area contributed by atoms with Crippen LogP contribution in [0.5, 0.6) is 5.75 Å². The zero-order valence-corrected chi connectivity index (χ0v) is 19.5. The predicted octanol–water partition coefficient (Wildman–Crippen LogP) is 4.04. The van der Waals surface area contributed by atoms with E-state index < -0.39 is 48.2 Å². The highest BCUT2D eigenvalue weighted by molar-refractivity contribution is 5.94. The summed E-state index contributed by atoms with van der Waals surface area (Å²) in [6, 6.07) is 6.49. The van der Waals surface area contributed by atoms with Crippen LogP contribution >= 0.6 is 0 Å². The van der Waals surface area contributed by atoms with E-state index in [0.29, 0.717) is 11.3 Å². The Hall–Kier alpha value is -1.84. The molecule has 0 bridgehead atoms. The van der Waals surface area contributed by atoms with Crippen LogP contribution in [0, 0.1) is 0 Å². The van der Waals surface area contributed by atoms with Gasteiger partial charge in [0.15, 0.2) is 29.8 Å². The highest BCUT2D eigenvalue weighted by Crippen LogP contribution is 2.51. The number of hydrogen-bond donors (Lipinski definition) is 0. The number of rotatable bonds is 3. The van der Waals surface area contributed by atoms with Gasteiger partial charge in [0.25, 0.3) is 0 Å². The molecule has 0 unspecified atom stereocenters. The molecule has 5 aliphatic rings. The van der Waals surface area contributed by atoms with Gasteiger partial charge in [-0.1, -0.05) is 12.8 Å². The van der Waals surface area contributed by atoms with E-state index in [1.165, 1.54) is 6.92 Å². The molecule has 0 aromatic heterocycles. The van der Waals surface area contributed by atoms with Crippen LogP contribution in [-0.2, 0) is 28.5 Å². The predicted molar refractivity (Wildman–Crippen MR) is 118 cm³/mol. The number of carbonyl (C=O) groups excluding carboxylic acids is 2. The van der Waals surface area contributed by atoms with Crippen molar-refractivity contribution in [1.29, 1.82) is 0 Å². The number of Topliss-reactive ketones (excluding diaryl/α,β-unsaturated/α-hetero) is 1. The fraction of sp³-hybridized carbons (Fsp3) is 0.692. The van der Waals surface area contributed by atoms with Gasteiger partial charge in [0.1, 0.15) is 24.1 Å². The zero-order chi connectivity index (χ0) is 23.3. The number of benzene rings is 1. The van der Waals surface area contributed by atoms with Crippen molar-refractivity contribution < 1.29 is 38.0 Å². The summed E-state index contributed by atoms with van der Waals surface area (Å²) in [5, 5.41) is 0. The molecule has 3 saturated heterocycles. The molecule has 3 heterocycles. The van der Waals surface area contributed by atoms with Gasteiger partial charge in [0, 0.05) is 31.2 Å².